The van der Waals surface area contributed by atoms with Gasteiger partial charge in [0.1, 0.15) is 0 Å². The van der Waals surface area contributed by atoms with Crippen molar-refractivity contribution in [3.05, 3.63) is 29.8 Å². The zero-order valence-electron chi connectivity index (χ0n) is 15.1. The summed E-state index contributed by atoms with van der Waals surface area (Å²) in [5.74, 6) is 0.672. The van der Waals surface area contributed by atoms with E-state index >= 15 is 0 Å². The average molecular weight is 365 g/mol. The first-order valence-electron chi connectivity index (χ1n) is 9.31. The van der Waals surface area contributed by atoms with E-state index in [0.29, 0.717) is 18.0 Å². The fourth-order valence-electron chi connectivity index (χ4n) is 3.73. The van der Waals surface area contributed by atoms with Gasteiger partial charge in [-0.25, -0.2) is 8.42 Å². The molecular formula is C19H28N2O3S. The summed E-state index contributed by atoms with van der Waals surface area (Å²) in [7, 11) is -3.48. The van der Waals surface area contributed by atoms with E-state index < -0.39 is 10.0 Å². The lowest BCUT2D eigenvalue weighted by Crippen LogP contribution is -2.42. The lowest BCUT2D eigenvalue weighted by atomic mass is 9.98. The Morgan fingerprint density at radius 3 is 2.20 bits per heavy atom. The molecule has 138 valence electrons. The number of benzene rings is 1. The van der Waals surface area contributed by atoms with E-state index in [1.807, 2.05) is 11.8 Å². The van der Waals surface area contributed by atoms with E-state index in [1.54, 1.807) is 28.6 Å². The number of hydrogen-bond acceptors (Lipinski definition) is 3. The minimum absolute atomic E-state index is 0.00203. The van der Waals surface area contributed by atoms with E-state index in [2.05, 4.69) is 6.92 Å². The molecule has 0 aromatic heterocycles. The molecule has 0 saturated carbocycles. The quantitative estimate of drug-likeness (QED) is 0.828. The number of piperidine rings is 2. The number of sulfonamides is 1. The highest BCUT2D eigenvalue weighted by Gasteiger charge is 2.31. The van der Waals surface area contributed by atoms with Gasteiger partial charge < -0.3 is 4.90 Å². The summed E-state index contributed by atoms with van der Waals surface area (Å²) in [6.07, 6.45) is 4.96. The molecule has 2 fully saturated rings. The maximum absolute atomic E-state index is 12.8. The van der Waals surface area contributed by atoms with Gasteiger partial charge in [-0.05, 0) is 62.8 Å². The molecule has 1 unspecified atom stereocenters. The second-order valence-electron chi connectivity index (χ2n) is 7.46. The van der Waals surface area contributed by atoms with Crippen molar-refractivity contribution in [2.45, 2.75) is 56.9 Å². The first kappa shape index (κ1) is 18.4. The highest BCUT2D eigenvalue weighted by Crippen LogP contribution is 2.26. The van der Waals surface area contributed by atoms with Crippen LogP contribution in [0.15, 0.2) is 29.2 Å². The van der Waals surface area contributed by atoms with Crippen LogP contribution in [0.1, 0.15) is 56.3 Å². The van der Waals surface area contributed by atoms with Crippen molar-refractivity contribution in [2.75, 3.05) is 19.6 Å². The van der Waals surface area contributed by atoms with Crippen LogP contribution in [-0.2, 0) is 10.0 Å². The molecule has 2 aliphatic rings. The van der Waals surface area contributed by atoms with E-state index in [1.165, 1.54) is 0 Å². The highest BCUT2D eigenvalue weighted by atomic mass is 32.2. The monoisotopic (exact) mass is 364 g/mol. The van der Waals surface area contributed by atoms with E-state index in [4.69, 9.17) is 0 Å². The predicted octanol–water partition coefficient (Wildman–Crippen LogP) is 3.12. The molecule has 1 aromatic carbocycles. The van der Waals surface area contributed by atoms with Crippen molar-refractivity contribution in [3.63, 3.8) is 0 Å². The molecule has 2 saturated heterocycles. The van der Waals surface area contributed by atoms with Crippen LogP contribution >= 0.6 is 0 Å². The van der Waals surface area contributed by atoms with Gasteiger partial charge in [0.05, 0.1) is 4.90 Å². The minimum Gasteiger partial charge on any atom is -0.339 e. The summed E-state index contributed by atoms with van der Waals surface area (Å²) in [6, 6.07) is 6.51. The molecule has 0 spiro atoms. The summed E-state index contributed by atoms with van der Waals surface area (Å²) < 4.78 is 27.3. The Kier molecular flexibility index (Phi) is 5.49. The molecule has 0 radical (unpaired) electrons. The van der Waals surface area contributed by atoms with E-state index in [9.17, 15) is 13.2 Å². The molecule has 0 aliphatic carbocycles. The molecule has 6 heteroatoms. The number of nitrogens with zero attached hydrogens (tertiary/aromatic N) is 2. The molecule has 0 N–H and O–H groups in total. The van der Waals surface area contributed by atoms with Crippen LogP contribution in [0.4, 0.5) is 0 Å². The maximum Gasteiger partial charge on any atom is 0.253 e. The second-order valence-corrected chi connectivity index (χ2v) is 9.35. The Morgan fingerprint density at radius 1 is 0.960 bits per heavy atom. The third-order valence-corrected chi connectivity index (χ3v) is 7.55. The van der Waals surface area contributed by atoms with Crippen LogP contribution in [0.5, 0.6) is 0 Å². The molecule has 1 aromatic rings. The largest absolute Gasteiger partial charge is 0.339 e. The number of rotatable bonds is 3. The lowest BCUT2D eigenvalue weighted by molar-refractivity contribution is 0.0697. The number of hydrogen-bond donors (Lipinski definition) is 0. The molecule has 3 rings (SSSR count). The summed E-state index contributed by atoms with van der Waals surface area (Å²) in [6.45, 7) is 6.32. The molecule has 25 heavy (non-hydrogen) atoms. The molecule has 5 nitrogen and oxygen atoms in total. The van der Waals surface area contributed by atoms with Gasteiger partial charge in [-0.15, -0.1) is 0 Å². The average Bonchev–Trinajstić information content (AvgIpc) is 2.62. The van der Waals surface area contributed by atoms with Crippen molar-refractivity contribution in [2.24, 2.45) is 5.92 Å². The fourth-order valence-corrected chi connectivity index (χ4v) is 5.43. The molecular weight excluding hydrogens is 336 g/mol. The van der Waals surface area contributed by atoms with Crippen molar-refractivity contribution in [1.29, 1.82) is 0 Å². The number of likely N-dealkylation sites (tertiary alicyclic amines) is 1. The molecule has 2 aliphatic heterocycles. The van der Waals surface area contributed by atoms with Crippen LogP contribution in [0.25, 0.3) is 0 Å². The molecule has 0 bridgehead atoms. The van der Waals surface area contributed by atoms with Crippen LogP contribution in [0, 0.1) is 5.92 Å². The van der Waals surface area contributed by atoms with Gasteiger partial charge in [-0.3, -0.25) is 4.79 Å². The van der Waals surface area contributed by atoms with Gasteiger partial charge in [0.2, 0.25) is 10.0 Å². The Morgan fingerprint density at radius 2 is 1.60 bits per heavy atom. The van der Waals surface area contributed by atoms with Crippen molar-refractivity contribution >= 4 is 15.9 Å². The fraction of sp³-hybridized carbons (Fsp3) is 0.632. The van der Waals surface area contributed by atoms with Crippen LogP contribution < -0.4 is 0 Å². The van der Waals surface area contributed by atoms with Crippen molar-refractivity contribution < 1.29 is 13.2 Å². The zero-order chi connectivity index (χ0) is 18.0. The third kappa shape index (κ3) is 3.90. The van der Waals surface area contributed by atoms with E-state index in [0.717, 1.165) is 45.2 Å². The smallest absolute Gasteiger partial charge is 0.253 e. The first-order chi connectivity index (χ1) is 11.9. The van der Waals surface area contributed by atoms with Crippen LogP contribution in [-0.4, -0.2) is 49.2 Å². The van der Waals surface area contributed by atoms with E-state index in [-0.39, 0.29) is 16.8 Å². The zero-order valence-corrected chi connectivity index (χ0v) is 16.0. The van der Waals surface area contributed by atoms with Gasteiger partial charge in [0.25, 0.3) is 5.91 Å². The van der Waals surface area contributed by atoms with Gasteiger partial charge in [-0.1, -0.05) is 13.3 Å². The molecule has 1 atom stereocenters. The van der Waals surface area contributed by atoms with Gasteiger partial charge in [0, 0.05) is 31.2 Å². The number of carbonyl (C=O) groups is 1. The SMILES string of the molecule is CC1CCN(C(=O)c2ccc(S(=O)(=O)N3CCCCC3C)cc2)CC1. The Bertz CT molecular complexity index is 707. The third-order valence-electron chi connectivity index (χ3n) is 5.52. The second kappa shape index (κ2) is 7.46. The summed E-state index contributed by atoms with van der Waals surface area (Å²) in [5.41, 5.74) is 0.570. The van der Waals surface area contributed by atoms with Crippen LogP contribution in [0.2, 0.25) is 0 Å². The summed E-state index contributed by atoms with van der Waals surface area (Å²) >= 11 is 0. The Balaban J connectivity index is 1.74. The Hall–Kier alpha value is -1.40. The number of carbonyl (C=O) groups excluding carboxylic acids is 1. The maximum atomic E-state index is 12.8. The van der Waals surface area contributed by atoms with Crippen LogP contribution in [0.3, 0.4) is 0 Å². The van der Waals surface area contributed by atoms with Gasteiger partial charge in [0.15, 0.2) is 0 Å². The van der Waals surface area contributed by atoms with Crippen molar-refractivity contribution in [1.82, 2.24) is 9.21 Å². The Labute approximate surface area is 151 Å². The summed E-state index contributed by atoms with van der Waals surface area (Å²) in [5, 5.41) is 0. The van der Waals surface area contributed by atoms with Gasteiger partial charge >= 0.3 is 0 Å². The topological polar surface area (TPSA) is 57.7 Å². The molecule has 1 amide bonds. The summed E-state index contributed by atoms with van der Waals surface area (Å²) in [4.78, 5) is 14.7. The molecule has 2 heterocycles. The van der Waals surface area contributed by atoms with Gasteiger partial charge in [-0.2, -0.15) is 4.31 Å². The predicted molar refractivity (Wildman–Crippen MR) is 97.9 cm³/mol. The van der Waals surface area contributed by atoms with Crippen molar-refractivity contribution in [3.8, 4) is 0 Å². The highest BCUT2D eigenvalue weighted by molar-refractivity contribution is 7.89. The lowest BCUT2D eigenvalue weighted by Gasteiger charge is -2.32. The standard InChI is InChI=1S/C19H28N2O3S/c1-15-10-13-20(14-11-15)19(22)17-6-8-18(9-7-17)25(23,24)21-12-4-3-5-16(21)2/h6-9,15-16H,3-5,10-14H2,1-2H3. The minimum atomic E-state index is -3.48. The first-order valence-corrected chi connectivity index (χ1v) is 10.7. The number of amides is 1. The normalized spacial score (nSPS) is 23.6.